The lowest BCUT2D eigenvalue weighted by Crippen LogP contribution is -2.41. The van der Waals surface area contributed by atoms with Crippen LogP contribution in [0, 0.1) is 6.92 Å². The lowest BCUT2D eigenvalue weighted by atomic mass is 9.73. The van der Waals surface area contributed by atoms with E-state index in [4.69, 9.17) is 0 Å². The molecule has 0 saturated carbocycles. The Balaban J connectivity index is 1.63. The normalized spacial score (nSPS) is 15.9. The van der Waals surface area contributed by atoms with Gasteiger partial charge >= 0.3 is 0 Å². The van der Waals surface area contributed by atoms with Gasteiger partial charge in [0.2, 0.25) is 5.78 Å². The van der Waals surface area contributed by atoms with Crippen LogP contribution in [0.25, 0.3) is 5.69 Å². The molecule has 0 bridgehead atoms. The molecule has 5 aromatic rings. The van der Waals surface area contributed by atoms with E-state index in [1.807, 2.05) is 97.9 Å². The van der Waals surface area contributed by atoms with Gasteiger partial charge in [0.25, 0.3) is 5.56 Å². The smallest absolute Gasteiger partial charge is 0.261 e. The number of Topliss-reactive ketones (excluding diaryl/α,β-unsaturated/α-hetero) is 2. The Hall–Kier alpha value is -4.81. The van der Waals surface area contributed by atoms with E-state index in [9.17, 15) is 14.4 Å². The standard InChI is InChI=1S/C35H23BrN2O3/c1-21-20-28-30(35(41)37(21)24-10-4-2-5-11-24)29(22-16-18-23(36)19-17-22)31-32(38(28)25-12-6-3-7-13-25)34(40)27-15-9-8-14-26(27)33(31)39/h2-20,29H,1H3. The first-order valence-electron chi connectivity index (χ1n) is 13.3. The first kappa shape index (κ1) is 25.2. The van der Waals surface area contributed by atoms with Gasteiger partial charge in [-0.2, -0.15) is 0 Å². The Kier molecular flexibility index (Phi) is 5.94. The number of carbonyl (C=O) groups excluding carboxylic acids is 2. The minimum Gasteiger partial charge on any atom is -0.306 e. The van der Waals surface area contributed by atoms with Crippen LogP contribution in [0.15, 0.2) is 136 Å². The fourth-order valence-electron chi connectivity index (χ4n) is 6.05. The molecule has 0 N–H and O–H groups in total. The van der Waals surface area contributed by atoms with Gasteiger partial charge in [-0.1, -0.05) is 88.7 Å². The van der Waals surface area contributed by atoms with Gasteiger partial charge in [-0.05, 0) is 55.0 Å². The second kappa shape index (κ2) is 9.68. The molecule has 1 aliphatic carbocycles. The molecule has 0 fully saturated rings. The first-order valence-corrected chi connectivity index (χ1v) is 14.1. The van der Waals surface area contributed by atoms with Crippen LogP contribution in [0.5, 0.6) is 0 Å². The number of allylic oxidation sites excluding steroid dienone is 2. The summed E-state index contributed by atoms with van der Waals surface area (Å²) < 4.78 is 2.56. The highest BCUT2D eigenvalue weighted by molar-refractivity contribution is 9.10. The van der Waals surface area contributed by atoms with Crippen LogP contribution < -0.4 is 10.5 Å². The third kappa shape index (κ3) is 3.86. The van der Waals surface area contributed by atoms with Crippen LogP contribution in [0.3, 0.4) is 0 Å². The third-order valence-corrected chi connectivity index (χ3v) is 8.34. The number of hydrogen-bond acceptors (Lipinski definition) is 4. The average molecular weight is 599 g/mol. The van der Waals surface area contributed by atoms with Crippen molar-refractivity contribution < 1.29 is 9.59 Å². The molecule has 0 spiro atoms. The second-order valence-corrected chi connectivity index (χ2v) is 11.1. The Labute approximate surface area is 245 Å². The van der Waals surface area contributed by atoms with E-state index < -0.39 is 5.92 Å². The summed E-state index contributed by atoms with van der Waals surface area (Å²) in [4.78, 5) is 45.2. The maximum absolute atomic E-state index is 14.7. The maximum atomic E-state index is 14.7. The largest absolute Gasteiger partial charge is 0.306 e. The summed E-state index contributed by atoms with van der Waals surface area (Å²) in [5, 5.41) is 0. The molecule has 4 aromatic carbocycles. The van der Waals surface area contributed by atoms with Crippen molar-refractivity contribution in [1.29, 1.82) is 0 Å². The third-order valence-electron chi connectivity index (χ3n) is 7.81. The highest BCUT2D eigenvalue weighted by atomic mass is 79.9. The van der Waals surface area contributed by atoms with Gasteiger partial charge in [-0.25, -0.2) is 0 Å². The summed E-state index contributed by atoms with van der Waals surface area (Å²) in [5.41, 5.74) is 5.04. The molecular weight excluding hydrogens is 576 g/mol. The van der Waals surface area contributed by atoms with Crippen LogP contribution in [0.4, 0.5) is 11.4 Å². The van der Waals surface area contributed by atoms with E-state index in [-0.39, 0.29) is 22.8 Å². The van der Waals surface area contributed by atoms with E-state index in [1.165, 1.54) is 0 Å². The average Bonchev–Trinajstić information content (AvgIpc) is 3.00. The summed E-state index contributed by atoms with van der Waals surface area (Å²) in [6, 6.07) is 35.4. The number of para-hydroxylation sites is 2. The fraction of sp³-hybridized carbons (Fsp3) is 0.0571. The number of anilines is 2. The van der Waals surface area contributed by atoms with Crippen molar-refractivity contribution in [1.82, 2.24) is 4.57 Å². The first-order chi connectivity index (χ1) is 20.0. The van der Waals surface area contributed by atoms with Gasteiger partial charge in [0.1, 0.15) is 5.70 Å². The van der Waals surface area contributed by atoms with Crippen molar-refractivity contribution in [2.24, 2.45) is 0 Å². The highest BCUT2D eigenvalue weighted by Gasteiger charge is 2.46. The summed E-state index contributed by atoms with van der Waals surface area (Å²) in [7, 11) is 0. The van der Waals surface area contributed by atoms with Gasteiger partial charge < -0.3 is 4.90 Å². The molecule has 0 saturated heterocycles. The maximum Gasteiger partial charge on any atom is 0.261 e. The number of aromatic nitrogens is 1. The van der Waals surface area contributed by atoms with Crippen molar-refractivity contribution >= 4 is 38.9 Å². The van der Waals surface area contributed by atoms with E-state index >= 15 is 0 Å². The van der Waals surface area contributed by atoms with Gasteiger partial charge in [-0.3, -0.25) is 19.0 Å². The van der Waals surface area contributed by atoms with E-state index in [0.29, 0.717) is 33.6 Å². The van der Waals surface area contributed by atoms with Crippen molar-refractivity contribution in [2.75, 3.05) is 4.90 Å². The van der Waals surface area contributed by atoms with E-state index in [0.717, 1.165) is 21.4 Å². The molecule has 2 aliphatic rings. The number of ketones is 2. The molecule has 1 unspecified atom stereocenters. The van der Waals surface area contributed by atoms with Gasteiger partial charge in [0.15, 0.2) is 5.78 Å². The number of carbonyl (C=O) groups is 2. The predicted octanol–water partition coefficient (Wildman–Crippen LogP) is 7.53. The van der Waals surface area contributed by atoms with Gasteiger partial charge in [-0.15, -0.1) is 0 Å². The number of hydrogen-bond donors (Lipinski definition) is 0. The van der Waals surface area contributed by atoms with Crippen LogP contribution in [-0.2, 0) is 0 Å². The molecule has 6 heteroatoms. The second-order valence-electron chi connectivity index (χ2n) is 10.2. The Bertz CT molecular complexity index is 1960. The highest BCUT2D eigenvalue weighted by Crippen LogP contribution is 2.50. The SMILES string of the molecule is Cc1cc2c(c(=O)n1-c1ccccc1)C(c1ccc(Br)cc1)C1=C(C(=O)c3ccccc3C1=O)N2c1ccccc1. The van der Waals surface area contributed by atoms with Gasteiger partial charge in [0, 0.05) is 44.2 Å². The summed E-state index contributed by atoms with van der Waals surface area (Å²) >= 11 is 3.51. The summed E-state index contributed by atoms with van der Waals surface area (Å²) in [5.74, 6) is -1.24. The monoisotopic (exact) mass is 598 g/mol. The molecule has 1 atom stereocenters. The Morgan fingerprint density at radius 1 is 0.659 bits per heavy atom. The Morgan fingerprint density at radius 2 is 1.22 bits per heavy atom. The van der Waals surface area contributed by atoms with E-state index in [1.54, 1.807) is 33.7 Å². The molecule has 0 radical (unpaired) electrons. The van der Waals surface area contributed by atoms with Crippen molar-refractivity contribution in [2.45, 2.75) is 12.8 Å². The van der Waals surface area contributed by atoms with Crippen LogP contribution in [0.2, 0.25) is 0 Å². The molecule has 1 aliphatic heterocycles. The van der Waals surface area contributed by atoms with Gasteiger partial charge in [0.05, 0.1) is 11.3 Å². The molecule has 1 aromatic heterocycles. The molecule has 0 amide bonds. The van der Waals surface area contributed by atoms with Crippen LogP contribution >= 0.6 is 15.9 Å². The molecule has 41 heavy (non-hydrogen) atoms. The minimum absolute atomic E-state index is 0.231. The number of rotatable bonds is 3. The van der Waals surface area contributed by atoms with Crippen molar-refractivity contribution in [3.8, 4) is 5.69 Å². The predicted molar refractivity (Wildman–Crippen MR) is 163 cm³/mol. The van der Waals surface area contributed by atoms with Crippen LogP contribution in [-0.4, -0.2) is 16.1 Å². The zero-order valence-corrected chi connectivity index (χ0v) is 23.6. The lowest BCUT2D eigenvalue weighted by Gasteiger charge is -2.40. The zero-order valence-electron chi connectivity index (χ0n) is 22.0. The van der Waals surface area contributed by atoms with E-state index in [2.05, 4.69) is 15.9 Å². The number of halogens is 1. The van der Waals surface area contributed by atoms with Crippen molar-refractivity contribution in [3.05, 3.63) is 169 Å². The number of nitrogens with zero attached hydrogens (tertiary/aromatic N) is 2. The molecule has 198 valence electrons. The topological polar surface area (TPSA) is 59.4 Å². The molecule has 5 nitrogen and oxygen atoms in total. The number of fused-ring (bicyclic) bond motifs is 2. The number of pyridine rings is 1. The summed E-state index contributed by atoms with van der Waals surface area (Å²) in [6.45, 7) is 1.89. The van der Waals surface area contributed by atoms with Crippen LogP contribution in [0.1, 0.15) is 43.5 Å². The Morgan fingerprint density at radius 3 is 1.85 bits per heavy atom. The quantitative estimate of drug-likeness (QED) is 0.215. The summed E-state index contributed by atoms with van der Waals surface area (Å²) in [6.07, 6.45) is 0. The van der Waals surface area contributed by atoms with Crippen molar-refractivity contribution in [3.63, 3.8) is 0 Å². The number of aryl methyl sites for hydroxylation is 1. The number of benzene rings is 4. The molecule has 7 rings (SSSR count). The molecule has 2 heterocycles. The fourth-order valence-corrected chi connectivity index (χ4v) is 6.32. The lowest BCUT2D eigenvalue weighted by molar-refractivity contribution is 0.0968. The molecular formula is C35H23BrN2O3. The zero-order chi connectivity index (χ0) is 28.2. The minimum atomic E-state index is -0.749.